The lowest BCUT2D eigenvalue weighted by molar-refractivity contribution is 0.0302. The maximum Gasteiger partial charge on any atom is 0.256 e. The molecular formula is C43H47N7O4. The van der Waals surface area contributed by atoms with Crippen LogP contribution in [0.5, 0.6) is 0 Å². The van der Waals surface area contributed by atoms with Gasteiger partial charge in [0.05, 0.1) is 71.0 Å². The number of benzene rings is 4. The van der Waals surface area contributed by atoms with Crippen molar-refractivity contribution in [1.29, 1.82) is 0 Å². The normalized spacial score (nSPS) is 15.0. The Labute approximate surface area is 315 Å². The number of morpholine rings is 2. The summed E-state index contributed by atoms with van der Waals surface area (Å²) in [4.78, 5) is 40.7. The molecule has 2 fully saturated rings. The Morgan fingerprint density at radius 2 is 0.944 bits per heavy atom. The van der Waals surface area contributed by atoms with Crippen LogP contribution in [-0.2, 0) is 9.47 Å². The Bertz CT molecular complexity index is 2120. The molecule has 0 saturated carbocycles. The Kier molecular flexibility index (Phi) is 11.1. The average Bonchev–Trinajstić information content (AvgIpc) is 3.23. The van der Waals surface area contributed by atoms with Crippen molar-refractivity contribution < 1.29 is 19.1 Å². The number of unbranched alkanes of at least 4 members (excludes halogenated alkanes) is 1. The van der Waals surface area contributed by atoms with Gasteiger partial charge in [-0.2, -0.15) is 0 Å². The molecule has 8 rings (SSSR count). The second kappa shape index (κ2) is 16.8. The summed E-state index contributed by atoms with van der Waals surface area (Å²) >= 11 is 0. The Morgan fingerprint density at radius 3 is 1.46 bits per heavy atom. The van der Waals surface area contributed by atoms with Crippen molar-refractivity contribution in [2.75, 3.05) is 89.4 Å². The number of fused-ring (bicyclic) bond motifs is 4. The summed E-state index contributed by atoms with van der Waals surface area (Å²) in [7, 11) is 0. The fourth-order valence-electron chi connectivity index (χ4n) is 7.57. The Morgan fingerprint density at radius 1 is 0.519 bits per heavy atom. The zero-order chi connectivity index (χ0) is 36.7. The molecule has 0 bridgehead atoms. The number of aromatic nitrogens is 2. The van der Waals surface area contributed by atoms with E-state index in [1.807, 2.05) is 70.5 Å². The smallest absolute Gasteiger partial charge is 0.256 e. The second-order valence-electron chi connectivity index (χ2n) is 13.9. The molecule has 2 amide bonds. The number of nitrogens with zero attached hydrogens (tertiary/aromatic N) is 4. The summed E-state index contributed by atoms with van der Waals surface area (Å²) in [6.45, 7) is 8.04. The van der Waals surface area contributed by atoms with Crippen LogP contribution in [0.25, 0.3) is 43.6 Å². The molecule has 278 valence electrons. The summed E-state index contributed by atoms with van der Waals surface area (Å²) in [5.74, 6) is 0.0103. The summed E-state index contributed by atoms with van der Waals surface area (Å²) in [5.41, 5.74) is 6.53. The minimum Gasteiger partial charge on any atom is -0.384 e. The number of hydrogen-bond acceptors (Lipinski definition) is 9. The van der Waals surface area contributed by atoms with E-state index in [4.69, 9.17) is 19.4 Å². The molecule has 4 aromatic carbocycles. The maximum absolute atomic E-state index is 13.5. The molecule has 54 heavy (non-hydrogen) atoms. The van der Waals surface area contributed by atoms with Crippen molar-refractivity contribution in [1.82, 2.24) is 25.1 Å². The van der Waals surface area contributed by atoms with Gasteiger partial charge >= 0.3 is 0 Å². The van der Waals surface area contributed by atoms with Crippen LogP contribution < -0.4 is 16.0 Å². The van der Waals surface area contributed by atoms with Crippen LogP contribution in [0.3, 0.4) is 0 Å². The first-order valence-electron chi connectivity index (χ1n) is 19.2. The largest absolute Gasteiger partial charge is 0.384 e. The molecule has 3 N–H and O–H groups in total. The lowest BCUT2D eigenvalue weighted by atomic mass is 10.0. The molecule has 2 saturated heterocycles. The van der Waals surface area contributed by atoms with Gasteiger partial charge in [-0.1, -0.05) is 60.7 Å². The summed E-state index contributed by atoms with van der Waals surface area (Å²) in [6.07, 6.45) is 2.97. The van der Waals surface area contributed by atoms with E-state index in [1.165, 1.54) is 0 Å². The van der Waals surface area contributed by atoms with E-state index in [1.54, 1.807) is 0 Å². The molecular weight excluding hydrogens is 679 g/mol. The summed E-state index contributed by atoms with van der Waals surface area (Å²) in [5, 5.41) is 15.1. The minimum atomic E-state index is 0.00427. The minimum absolute atomic E-state index is 0.00427. The molecule has 11 heteroatoms. The third-order valence-corrected chi connectivity index (χ3v) is 10.4. The number of amides is 2. The third kappa shape index (κ3) is 7.52. The van der Waals surface area contributed by atoms with Crippen LogP contribution >= 0.6 is 0 Å². The number of anilines is 2. The monoisotopic (exact) mass is 725 g/mol. The molecule has 6 aromatic rings. The SMILES string of the molecule is O=C(c1cccc2c(NCCCCNCCCNc3c4ccccc4nc4c(C(=O)N5CCOCC5)cccc34)c3ccccc3nc12)N1CCOCC1. The van der Waals surface area contributed by atoms with Crippen molar-refractivity contribution in [3.63, 3.8) is 0 Å². The van der Waals surface area contributed by atoms with Gasteiger partial charge in [0.25, 0.3) is 11.8 Å². The van der Waals surface area contributed by atoms with E-state index in [9.17, 15) is 9.59 Å². The number of pyridine rings is 2. The van der Waals surface area contributed by atoms with E-state index in [0.29, 0.717) is 63.7 Å². The van der Waals surface area contributed by atoms with Crippen LogP contribution in [0.2, 0.25) is 0 Å². The highest BCUT2D eigenvalue weighted by molar-refractivity contribution is 6.15. The first-order chi connectivity index (χ1) is 26.7. The van der Waals surface area contributed by atoms with Gasteiger partial charge < -0.3 is 35.2 Å². The van der Waals surface area contributed by atoms with Crippen LogP contribution in [0.4, 0.5) is 11.4 Å². The lowest BCUT2D eigenvalue weighted by Gasteiger charge is -2.27. The number of carbonyl (C=O) groups is 2. The van der Waals surface area contributed by atoms with Gasteiger partial charge in [0, 0.05) is 60.8 Å². The van der Waals surface area contributed by atoms with Crippen LogP contribution in [0.1, 0.15) is 40.0 Å². The number of nitrogens with one attached hydrogen (secondary N) is 3. The Hall–Kier alpha value is -5.36. The van der Waals surface area contributed by atoms with E-state index in [0.717, 1.165) is 100 Å². The molecule has 0 aliphatic carbocycles. The van der Waals surface area contributed by atoms with E-state index in [2.05, 4.69) is 40.2 Å². The highest BCUT2D eigenvalue weighted by atomic mass is 16.5. The lowest BCUT2D eigenvalue weighted by Crippen LogP contribution is -2.40. The van der Waals surface area contributed by atoms with Crippen molar-refractivity contribution in [3.05, 3.63) is 96.1 Å². The molecule has 11 nitrogen and oxygen atoms in total. The van der Waals surface area contributed by atoms with Crippen molar-refractivity contribution in [2.45, 2.75) is 19.3 Å². The zero-order valence-electron chi connectivity index (χ0n) is 30.6. The maximum atomic E-state index is 13.5. The summed E-state index contributed by atoms with van der Waals surface area (Å²) < 4.78 is 10.9. The van der Waals surface area contributed by atoms with Gasteiger partial charge in [-0.25, -0.2) is 9.97 Å². The van der Waals surface area contributed by atoms with Gasteiger partial charge in [0.1, 0.15) is 0 Å². The molecule has 2 aromatic heterocycles. The fourth-order valence-corrected chi connectivity index (χ4v) is 7.57. The second-order valence-corrected chi connectivity index (χ2v) is 13.9. The van der Waals surface area contributed by atoms with Crippen molar-refractivity contribution in [3.8, 4) is 0 Å². The predicted octanol–water partition coefficient (Wildman–Crippen LogP) is 6.32. The number of carbonyl (C=O) groups excluding carboxylic acids is 2. The van der Waals surface area contributed by atoms with Crippen LogP contribution in [0, 0.1) is 0 Å². The average molecular weight is 726 g/mol. The third-order valence-electron chi connectivity index (χ3n) is 10.4. The van der Waals surface area contributed by atoms with Gasteiger partial charge in [-0.05, 0) is 56.6 Å². The van der Waals surface area contributed by atoms with Crippen LogP contribution in [-0.4, -0.2) is 110 Å². The quantitative estimate of drug-likeness (QED) is 0.0929. The molecule has 0 radical (unpaired) electrons. The highest BCUT2D eigenvalue weighted by Crippen LogP contribution is 2.34. The van der Waals surface area contributed by atoms with E-state index < -0.39 is 0 Å². The first-order valence-corrected chi connectivity index (χ1v) is 19.2. The zero-order valence-corrected chi connectivity index (χ0v) is 30.6. The van der Waals surface area contributed by atoms with Gasteiger partial charge in [-0.3, -0.25) is 9.59 Å². The van der Waals surface area contributed by atoms with Crippen molar-refractivity contribution in [2.24, 2.45) is 0 Å². The van der Waals surface area contributed by atoms with Gasteiger partial charge in [0.2, 0.25) is 0 Å². The highest BCUT2D eigenvalue weighted by Gasteiger charge is 2.24. The molecule has 0 atom stereocenters. The van der Waals surface area contributed by atoms with Crippen molar-refractivity contribution >= 4 is 66.8 Å². The number of para-hydroxylation sites is 4. The molecule has 4 heterocycles. The number of ether oxygens (including phenoxy) is 2. The topological polar surface area (TPSA) is 121 Å². The van der Waals surface area contributed by atoms with E-state index >= 15 is 0 Å². The molecule has 0 spiro atoms. The number of hydrogen-bond donors (Lipinski definition) is 3. The molecule has 0 unspecified atom stereocenters. The fraction of sp³-hybridized carbons (Fsp3) is 0.349. The standard InChI is InChI=1S/C43H47N7O4/c51-42(49-22-26-53-27-23-49)34-14-7-12-32-38(30-10-1-3-16-36(30)47-40(32)34)45-20-6-5-18-44-19-9-21-46-39-31-11-2-4-17-37(31)48-41-33(39)13-8-15-35(41)43(52)50-24-28-54-29-25-50/h1-4,7-8,10-17,44H,5-6,9,18-29H2,(H,45,47)(H,46,48). The Balaban J connectivity index is 0.858. The summed E-state index contributed by atoms with van der Waals surface area (Å²) in [6, 6.07) is 28.1. The predicted molar refractivity (Wildman–Crippen MR) is 216 cm³/mol. The first kappa shape index (κ1) is 35.7. The van der Waals surface area contributed by atoms with E-state index in [-0.39, 0.29) is 11.8 Å². The molecule has 2 aliphatic rings. The molecule has 2 aliphatic heterocycles. The van der Waals surface area contributed by atoms with Gasteiger partial charge in [0.15, 0.2) is 0 Å². The number of rotatable bonds is 13. The van der Waals surface area contributed by atoms with Crippen LogP contribution in [0.15, 0.2) is 84.9 Å². The van der Waals surface area contributed by atoms with Gasteiger partial charge in [-0.15, -0.1) is 0 Å².